The van der Waals surface area contributed by atoms with E-state index in [2.05, 4.69) is 56.2 Å². The highest BCUT2D eigenvalue weighted by molar-refractivity contribution is 9.12. The number of thiophene rings is 1. The molecule has 1 aliphatic rings. The lowest BCUT2D eigenvalue weighted by Crippen LogP contribution is -2.24. The van der Waals surface area contributed by atoms with Gasteiger partial charge in [-0.2, -0.15) is 0 Å². The zero-order valence-electron chi connectivity index (χ0n) is 12.1. The van der Waals surface area contributed by atoms with Gasteiger partial charge in [0.15, 0.2) is 0 Å². The van der Waals surface area contributed by atoms with Gasteiger partial charge in [0.2, 0.25) is 0 Å². The van der Waals surface area contributed by atoms with Gasteiger partial charge in [-0.05, 0) is 82.1 Å². The largest absolute Gasteiger partial charge is 0.306 e. The summed E-state index contributed by atoms with van der Waals surface area (Å²) in [6.45, 7) is 3.30. The minimum atomic E-state index is 0.380. The molecule has 112 valence electrons. The number of hydrogen-bond donors (Lipinski definition) is 1. The average Bonchev–Trinajstić information content (AvgIpc) is 2.71. The molecule has 0 aromatic carbocycles. The summed E-state index contributed by atoms with van der Waals surface area (Å²) in [5.74, 6) is 0. The van der Waals surface area contributed by atoms with E-state index in [-0.39, 0.29) is 0 Å². The van der Waals surface area contributed by atoms with E-state index in [0.717, 1.165) is 6.54 Å². The highest BCUT2D eigenvalue weighted by Gasteiger charge is 2.20. The van der Waals surface area contributed by atoms with Gasteiger partial charge in [-0.25, -0.2) is 0 Å². The van der Waals surface area contributed by atoms with Gasteiger partial charge in [0.05, 0.1) is 13.6 Å². The second-order valence-corrected chi connectivity index (χ2v) is 9.15. The molecule has 0 radical (unpaired) electrons. The van der Waals surface area contributed by atoms with Crippen LogP contribution >= 0.6 is 43.2 Å². The first kappa shape index (κ1) is 16.7. The van der Waals surface area contributed by atoms with Crippen LogP contribution in [0, 0.1) is 0 Å². The van der Waals surface area contributed by atoms with E-state index in [0.29, 0.717) is 6.04 Å². The fraction of sp³-hybridized carbons (Fsp3) is 0.625. The second-order valence-electron chi connectivity index (χ2n) is 5.40. The van der Waals surface area contributed by atoms with E-state index in [4.69, 9.17) is 0 Å². The van der Waals surface area contributed by atoms with Gasteiger partial charge in [-0.3, -0.25) is 0 Å². The van der Waals surface area contributed by atoms with E-state index < -0.39 is 0 Å². The lowest BCUT2D eigenvalue weighted by atomic mass is 9.92. The fourth-order valence-corrected chi connectivity index (χ4v) is 5.66. The van der Waals surface area contributed by atoms with Crippen LogP contribution in [0.2, 0.25) is 0 Å². The minimum Gasteiger partial charge on any atom is -0.306 e. The predicted molar refractivity (Wildman–Crippen MR) is 96.5 cm³/mol. The second kappa shape index (κ2) is 8.72. The molecule has 1 aromatic heterocycles. The smallest absolute Gasteiger partial charge is 0.0761 e. The van der Waals surface area contributed by atoms with Gasteiger partial charge in [-0.15, -0.1) is 11.3 Å². The standard InChI is InChI=1S/C16H23Br2NS/c1-2-10-19-15(13-11-14(17)20-16(13)18)12-8-6-4-3-5-7-9-12/h8,11,15,19H,2-7,9-10H2,1H3/b12-8+. The van der Waals surface area contributed by atoms with Gasteiger partial charge in [0, 0.05) is 0 Å². The summed E-state index contributed by atoms with van der Waals surface area (Å²) < 4.78 is 2.45. The fourth-order valence-electron chi connectivity index (χ4n) is 2.76. The van der Waals surface area contributed by atoms with Crippen molar-refractivity contribution in [2.75, 3.05) is 6.54 Å². The Labute approximate surface area is 143 Å². The first-order chi connectivity index (χ1) is 9.72. The third kappa shape index (κ3) is 4.69. The van der Waals surface area contributed by atoms with Crippen molar-refractivity contribution >= 4 is 43.2 Å². The van der Waals surface area contributed by atoms with Crippen LogP contribution in [0.5, 0.6) is 0 Å². The quantitative estimate of drug-likeness (QED) is 0.529. The molecule has 1 N–H and O–H groups in total. The van der Waals surface area contributed by atoms with Crippen molar-refractivity contribution in [1.29, 1.82) is 0 Å². The van der Waals surface area contributed by atoms with E-state index in [1.54, 1.807) is 16.9 Å². The number of nitrogens with one attached hydrogen (secondary N) is 1. The average molecular weight is 421 g/mol. The van der Waals surface area contributed by atoms with Crippen molar-refractivity contribution in [3.05, 3.63) is 30.9 Å². The van der Waals surface area contributed by atoms with E-state index in [1.165, 1.54) is 58.1 Å². The van der Waals surface area contributed by atoms with Crippen LogP contribution in [0.3, 0.4) is 0 Å². The zero-order valence-corrected chi connectivity index (χ0v) is 16.0. The number of halogens is 2. The Morgan fingerprint density at radius 3 is 2.75 bits per heavy atom. The first-order valence-electron chi connectivity index (χ1n) is 7.59. The lowest BCUT2D eigenvalue weighted by molar-refractivity contribution is 0.540. The summed E-state index contributed by atoms with van der Waals surface area (Å²) in [4.78, 5) is 0. The van der Waals surface area contributed by atoms with Crippen LogP contribution in [0.4, 0.5) is 0 Å². The summed E-state index contributed by atoms with van der Waals surface area (Å²) in [7, 11) is 0. The summed E-state index contributed by atoms with van der Waals surface area (Å²) in [6.07, 6.45) is 11.6. The Bertz CT molecular complexity index is 453. The molecule has 4 heteroatoms. The monoisotopic (exact) mass is 419 g/mol. The molecule has 0 bridgehead atoms. The lowest BCUT2D eigenvalue weighted by Gasteiger charge is -2.23. The van der Waals surface area contributed by atoms with Crippen LogP contribution in [0.15, 0.2) is 25.3 Å². The minimum absolute atomic E-state index is 0.380. The van der Waals surface area contributed by atoms with Gasteiger partial charge in [0.1, 0.15) is 0 Å². The summed E-state index contributed by atoms with van der Waals surface area (Å²) in [5.41, 5.74) is 2.98. The Balaban J connectivity index is 2.23. The highest BCUT2D eigenvalue weighted by Crippen LogP contribution is 2.39. The number of allylic oxidation sites excluding steroid dienone is 1. The first-order valence-corrected chi connectivity index (χ1v) is 9.99. The molecule has 1 nitrogen and oxygen atoms in total. The van der Waals surface area contributed by atoms with Gasteiger partial charge < -0.3 is 5.32 Å². The molecule has 1 unspecified atom stereocenters. The summed E-state index contributed by atoms with van der Waals surface area (Å²) in [5, 5.41) is 3.75. The van der Waals surface area contributed by atoms with E-state index >= 15 is 0 Å². The predicted octanol–water partition coefficient (Wildman–Crippen LogP) is 6.59. The van der Waals surface area contributed by atoms with Crippen molar-refractivity contribution in [1.82, 2.24) is 5.32 Å². The molecule has 2 rings (SSSR count). The van der Waals surface area contributed by atoms with Crippen molar-refractivity contribution in [2.24, 2.45) is 0 Å². The van der Waals surface area contributed by atoms with Crippen molar-refractivity contribution in [3.8, 4) is 0 Å². The topological polar surface area (TPSA) is 12.0 Å². The molecule has 1 atom stereocenters. The molecule has 1 heterocycles. The Kier molecular flexibility index (Phi) is 7.29. The number of hydrogen-bond acceptors (Lipinski definition) is 2. The molecular formula is C16H23Br2NS. The molecule has 0 amide bonds. The molecule has 1 aliphatic carbocycles. The molecule has 20 heavy (non-hydrogen) atoms. The molecule has 0 spiro atoms. The highest BCUT2D eigenvalue weighted by atomic mass is 79.9. The molecule has 0 aliphatic heterocycles. The Morgan fingerprint density at radius 2 is 2.05 bits per heavy atom. The normalized spacial score (nSPS) is 20.9. The third-order valence-electron chi connectivity index (χ3n) is 3.79. The SMILES string of the molecule is CCCNC(/C1=C/CCCCCC1)c1cc(Br)sc1Br. The van der Waals surface area contributed by atoms with Crippen LogP contribution in [0.1, 0.15) is 63.5 Å². The van der Waals surface area contributed by atoms with Gasteiger partial charge in [0.25, 0.3) is 0 Å². The maximum atomic E-state index is 3.75. The van der Waals surface area contributed by atoms with Crippen molar-refractivity contribution in [2.45, 2.75) is 57.9 Å². The van der Waals surface area contributed by atoms with Gasteiger partial charge in [-0.1, -0.05) is 31.4 Å². The Morgan fingerprint density at radius 1 is 1.25 bits per heavy atom. The van der Waals surface area contributed by atoms with E-state index in [9.17, 15) is 0 Å². The van der Waals surface area contributed by atoms with Gasteiger partial charge >= 0.3 is 0 Å². The summed E-state index contributed by atoms with van der Waals surface area (Å²) in [6, 6.07) is 2.65. The van der Waals surface area contributed by atoms with Crippen LogP contribution < -0.4 is 5.32 Å². The van der Waals surface area contributed by atoms with Crippen LogP contribution in [-0.2, 0) is 0 Å². The third-order valence-corrected chi connectivity index (χ3v) is 6.18. The molecule has 0 fully saturated rings. The molecule has 0 saturated carbocycles. The maximum Gasteiger partial charge on any atom is 0.0761 e. The zero-order chi connectivity index (χ0) is 14.4. The van der Waals surface area contributed by atoms with Crippen LogP contribution in [-0.4, -0.2) is 6.54 Å². The summed E-state index contributed by atoms with van der Waals surface area (Å²) >= 11 is 9.12. The molecule has 1 aromatic rings. The van der Waals surface area contributed by atoms with Crippen molar-refractivity contribution < 1.29 is 0 Å². The molecular weight excluding hydrogens is 398 g/mol. The number of rotatable bonds is 5. The van der Waals surface area contributed by atoms with Crippen LogP contribution in [0.25, 0.3) is 0 Å². The Hall–Kier alpha value is 0.360. The van der Waals surface area contributed by atoms with E-state index in [1.807, 2.05) is 0 Å². The molecule has 0 saturated heterocycles. The van der Waals surface area contributed by atoms with Crippen molar-refractivity contribution in [3.63, 3.8) is 0 Å². The maximum absolute atomic E-state index is 3.75.